The van der Waals surface area contributed by atoms with Crippen LogP contribution in [-0.4, -0.2) is 40.5 Å². The molecule has 0 heterocycles. The Morgan fingerprint density at radius 3 is 2.71 bits per heavy atom. The van der Waals surface area contributed by atoms with Gasteiger partial charge in [0.15, 0.2) is 0 Å². The summed E-state index contributed by atoms with van der Waals surface area (Å²) < 4.78 is 10.7. The minimum absolute atomic E-state index is 0.532. The van der Waals surface area contributed by atoms with Crippen molar-refractivity contribution in [2.45, 2.75) is 32.1 Å². The maximum atomic E-state index is 5.66. The van der Waals surface area contributed by atoms with E-state index in [2.05, 4.69) is 12.4 Å². The molecule has 3 unspecified atom stereocenters. The molecule has 0 aliphatic heterocycles. The van der Waals surface area contributed by atoms with Crippen LogP contribution in [0.5, 0.6) is 0 Å². The van der Waals surface area contributed by atoms with Gasteiger partial charge in [-0.05, 0) is 50.0 Å². The van der Waals surface area contributed by atoms with Gasteiger partial charge in [-0.1, -0.05) is 6.42 Å². The van der Waals surface area contributed by atoms with Gasteiger partial charge >= 0.3 is 0 Å². The first kappa shape index (κ1) is 13.3. The molecule has 17 heavy (non-hydrogen) atoms. The van der Waals surface area contributed by atoms with Gasteiger partial charge in [-0.25, -0.2) is 0 Å². The SMILES string of the molecule is CNCC1(CCOCCOC)CC2CCC1C2. The lowest BCUT2D eigenvalue weighted by Gasteiger charge is -2.38. The topological polar surface area (TPSA) is 30.5 Å². The van der Waals surface area contributed by atoms with Crippen LogP contribution in [0.4, 0.5) is 0 Å². The predicted octanol–water partition coefficient (Wildman–Crippen LogP) is 2.07. The van der Waals surface area contributed by atoms with E-state index >= 15 is 0 Å². The molecule has 2 bridgehead atoms. The van der Waals surface area contributed by atoms with E-state index in [0.29, 0.717) is 12.0 Å². The highest BCUT2D eigenvalue weighted by Gasteiger charge is 2.49. The quantitative estimate of drug-likeness (QED) is 0.660. The van der Waals surface area contributed by atoms with Crippen molar-refractivity contribution in [1.82, 2.24) is 5.32 Å². The average molecular weight is 241 g/mol. The minimum atomic E-state index is 0.532. The molecule has 0 saturated heterocycles. The van der Waals surface area contributed by atoms with Gasteiger partial charge in [0.25, 0.3) is 0 Å². The normalized spacial score (nSPS) is 35.6. The molecular weight excluding hydrogens is 214 g/mol. The number of methoxy groups -OCH3 is 1. The summed E-state index contributed by atoms with van der Waals surface area (Å²) in [5, 5.41) is 3.41. The molecule has 3 heteroatoms. The Kier molecular flexibility index (Phi) is 4.83. The Morgan fingerprint density at radius 1 is 1.24 bits per heavy atom. The Bertz CT molecular complexity index is 234. The molecule has 0 aromatic rings. The van der Waals surface area contributed by atoms with Crippen molar-refractivity contribution in [3.05, 3.63) is 0 Å². The van der Waals surface area contributed by atoms with Crippen molar-refractivity contribution in [2.24, 2.45) is 17.3 Å². The van der Waals surface area contributed by atoms with Crippen molar-refractivity contribution in [1.29, 1.82) is 0 Å². The van der Waals surface area contributed by atoms with Crippen LogP contribution >= 0.6 is 0 Å². The first-order valence-electron chi connectivity index (χ1n) is 7.02. The zero-order chi connectivity index (χ0) is 12.1. The van der Waals surface area contributed by atoms with E-state index in [-0.39, 0.29) is 0 Å². The highest BCUT2D eigenvalue weighted by Crippen LogP contribution is 2.57. The smallest absolute Gasteiger partial charge is 0.0700 e. The zero-order valence-electron chi connectivity index (χ0n) is 11.3. The van der Waals surface area contributed by atoms with E-state index < -0.39 is 0 Å². The molecule has 1 N–H and O–H groups in total. The fraction of sp³-hybridized carbons (Fsp3) is 1.00. The van der Waals surface area contributed by atoms with Crippen LogP contribution in [0, 0.1) is 17.3 Å². The van der Waals surface area contributed by atoms with Crippen molar-refractivity contribution < 1.29 is 9.47 Å². The molecule has 0 spiro atoms. The molecule has 0 aromatic carbocycles. The maximum absolute atomic E-state index is 5.66. The molecule has 3 nitrogen and oxygen atoms in total. The number of nitrogens with one attached hydrogen (secondary N) is 1. The van der Waals surface area contributed by atoms with Crippen molar-refractivity contribution in [3.63, 3.8) is 0 Å². The van der Waals surface area contributed by atoms with Gasteiger partial charge in [-0.15, -0.1) is 0 Å². The highest BCUT2D eigenvalue weighted by molar-refractivity contribution is 5.01. The van der Waals surface area contributed by atoms with E-state index in [1.54, 1.807) is 7.11 Å². The third kappa shape index (κ3) is 3.01. The van der Waals surface area contributed by atoms with Gasteiger partial charge in [0.05, 0.1) is 13.2 Å². The maximum Gasteiger partial charge on any atom is 0.0700 e. The number of ether oxygens (including phenoxy) is 2. The Morgan fingerprint density at radius 2 is 2.12 bits per heavy atom. The molecule has 2 aliphatic carbocycles. The van der Waals surface area contributed by atoms with Gasteiger partial charge in [-0.2, -0.15) is 0 Å². The lowest BCUT2D eigenvalue weighted by atomic mass is 9.71. The molecule has 2 saturated carbocycles. The number of fused-ring (bicyclic) bond motifs is 2. The molecule has 3 atom stereocenters. The van der Waals surface area contributed by atoms with E-state index in [9.17, 15) is 0 Å². The van der Waals surface area contributed by atoms with Gasteiger partial charge in [0.2, 0.25) is 0 Å². The highest BCUT2D eigenvalue weighted by atomic mass is 16.5. The van der Waals surface area contributed by atoms with Gasteiger partial charge in [0, 0.05) is 20.3 Å². The second-order valence-electron chi connectivity index (χ2n) is 5.83. The Hall–Kier alpha value is -0.120. The van der Waals surface area contributed by atoms with Crippen molar-refractivity contribution in [2.75, 3.05) is 40.5 Å². The van der Waals surface area contributed by atoms with Crippen LogP contribution in [0.1, 0.15) is 32.1 Å². The Balaban J connectivity index is 1.77. The second kappa shape index (κ2) is 6.17. The van der Waals surface area contributed by atoms with Crippen LogP contribution in [-0.2, 0) is 9.47 Å². The molecule has 0 amide bonds. The van der Waals surface area contributed by atoms with Crippen LogP contribution in [0.15, 0.2) is 0 Å². The van der Waals surface area contributed by atoms with Crippen molar-refractivity contribution >= 4 is 0 Å². The molecule has 2 rings (SSSR count). The van der Waals surface area contributed by atoms with E-state index in [1.165, 1.54) is 38.6 Å². The van der Waals surface area contributed by atoms with Gasteiger partial charge in [-0.3, -0.25) is 0 Å². The monoisotopic (exact) mass is 241 g/mol. The molecule has 0 aromatic heterocycles. The zero-order valence-corrected chi connectivity index (χ0v) is 11.3. The first-order valence-corrected chi connectivity index (χ1v) is 7.02. The molecule has 2 aliphatic rings. The minimum Gasteiger partial charge on any atom is -0.382 e. The second-order valence-corrected chi connectivity index (χ2v) is 5.83. The third-order valence-corrected chi connectivity index (χ3v) is 4.81. The average Bonchev–Trinajstić information content (AvgIpc) is 2.90. The molecular formula is C14H27NO2. The van der Waals surface area contributed by atoms with Crippen LogP contribution in [0.3, 0.4) is 0 Å². The fourth-order valence-corrected chi connectivity index (χ4v) is 4.04. The van der Waals surface area contributed by atoms with Gasteiger partial charge in [0.1, 0.15) is 0 Å². The summed E-state index contributed by atoms with van der Waals surface area (Å²) in [7, 11) is 3.81. The Labute approximate surface area is 105 Å². The summed E-state index contributed by atoms with van der Waals surface area (Å²) in [4.78, 5) is 0. The van der Waals surface area contributed by atoms with Crippen LogP contribution in [0.25, 0.3) is 0 Å². The standard InChI is InChI=1S/C14H27NO2/c1-15-11-14(5-6-17-8-7-16-2)10-12-3-4-13(14)9-12/h12-13,15H,3-11H2,1-2H3. The predicted molar refractivity (Wildman–Crippen MR) is 69.1 cm³/mol. The van der Waals surface area contributed by atoms with E-state index in [4.69, 9.17) is 9.47 Å². The summed E-state index contributed by atoms with van der Waals surface area (Å²) in [6, 6.07) is 0. The van der Waals surface area contributed by atoms with Crippen molar-refractivity contribution in [3.8, 4) is 0 Å². The van der Waals surface area contributed by atoms with Crippen LogP contribution < -0.4 is 5.32 Å². The molecule has 100 valence electrons. The van der Waals surface area contributed by atoms with E-state index in [0.717, 1.165) is 25.0 Å². The molecule has 0 radical (unpaired) electrons. The summed E-state index contributed by atoms with van der Waals surface area (Å²) in [6.07, 6.45) is 7.04. The third-order valence-electron chi connectivity index (χ3n) is 4.81. The van der Waals surface area contributed by atoms with E-state index in [1.807, 2.05) is 0 Å². The molecule has 2 fully saturated rings. The summed E-state index contributed by atoms with van der Waals surface area (Å²) in [5.41, 5.74) is 0.532. The lowest BCUT2D eigenvalue weighted by Crippen LogP contribution is -2.38. The number of hydrogen-bond acceptors (Lipinski definition) is 3. The summed E-state index contributed by atoms with van der Waals surface area (Å²) >= 11 is 0. The summed E-state index contributed by atoms with van der Waals surface area (Å²) in [6.45, 7) is 3.52. The lowest BCUT2D eigenvalue weighted by molar-refractivity contribution is 0.0364. The number of hydrogen-bond donors (Lipinski definition) is 1. The largest absolute Gasteiger partial charge is 0.382 e. The first-order chi connectivity index (χ1) is 8.30. The fourth-order valence-electron chi connectivity index (χ4n) is 4.04. The van der Waals surface area contributed by atoms with Gasteiger partial charge < -0.3 is 14.8 Å². The summed E-state index contributed by atoms with van der Waals surface area (Å²) in [5.74, 6) is 1.96. The number of rotatable bonds is 8. The van der Waals surface area contributed by atoms with Crippen LogP contribution in [0.2, 0.25) is 0 Å².